The van der Waals surface area contributed by atoms with Gasteiger partial charge in [-0.1, -0.05) is 31.0 Å². The second-order valence-corrected chi connectivity index (χ2v) is 6.52. The number of nitro groups is 1. The largest absolute Gasteiger partial charge is 0.494 e. The highest BCUT2D eigenvalue weighted by Crippen LogP contribution is 2.33. The maximum Gasteiger partial charge on any atom is 0.353 e. The molecule has 1 aromatic heterocycles. The zero-order valence-electron chi connectivity index (χ0n) is 16.4. The van der Waals surface area contributed by atoms with Crippen molar-refractivity contribution in [1.29, 1.82) is 0 Å². The van der Waals surface area contributed by atoms with Crippen molar-refractivity contribution >= 4 is 28.7 Å². The SMILES string of the molecule is CCCCOc1ccc(Nc2ncnc(Nc3ccc(C)cc3)c2[N+](=O)[O-])cc1. The number of aryl methyl sites for hydroxylation is 1. The van der Waals surface area contributed by atoms with Crippen LogP contribution in [0.3, 0.4) is 0 Å². The summed E-state index contributed by atoms with van der Waals surface area (Å²) in [6.07, 6.45) is 3.34. The number of hydrogen-bond donors (Lipinski definition) is 2. The number of unbranched alkanes of at least 4 members (excludes halogenated alkanes) is 1. The molecule has 0 saturated heterocycles. The van der Waals surface area contributed by atoms with E-state index in [1.807, 2.05) is 43.3 Å². The number of ether oxygens (including phenoxy) is 1. The van der Waals surface area contributed by atoms with Crippen molar-refractivity contribution in [2.24, 2.45) is 0 Å². The number of anilines is 4. The van der Waals surface area contributed by atoms with Gasteiger partial charge in [0.15, 0.2) is 0 Å². The van der Waals surface area contributed by atoms with Crippen LogP contribution in [0.1, 0.15) is 25.3 Å². The Morgan fingerprint density at radius 3 is 2.03 bits per heavy atom. The molecular weight excluding hydrogens is 370 g/mol. The van der Waals surface area contributed by atoms with E-state index in [-0.39, 0.29) is 17.3 Å². The van der Waals surface area contributed by atoms with Gasteiger partial charge in [0.1, 0.15) is 12.1 Å². The van der Waals surface area contributed by atoms with Gasteiger partial charge >= 0.3 is 5.69 Å². The van der Waals surface area contributed by atoms with Crippen LogP contribution in [0.2, 0.25) is 0 Å². The predicted octanol–water partition coefficient (Wildman–Crippen LogP) is 5.36. The molecule has 2 N–H and O–H groups in total. The number of aromatic nitrogens is 2. The Balaban J connectivity index is 1.80. The molecule has 2 aromatic carbocycles. The fourth-order valence-electron chi connectivity index (χ4n) is 2.61. The Labute approximate surface area is 169 Å². The number of rotatable bonds is 9. The number of benzene rings is 2. The highest BCUT2D eigenvalue weighted by molar-refractivity contribution is 5.76. The van der Waals surface area contributed by atoms with E-state index in [9.17, 15) is 10.1 Å². The van der Waals surface area contributed by atoms with Crippen molar-refractivity contribution in [3.8, 4) is 5.75 Å². The van der Waals surface area contributed by atoms with Crippen molar-refractivity contribution in [1.82, 2.24) is 9.97 Å². The zero-order chi connectivity index (χ0) is 20.6. The Bertz CT molecular complexity index is 959. The minimum Gasteiger partial charge on any atom is -0.494 e. The summed E-state index contributed by atoms with van der Waals surface area (Å²) in [5.74, 6) is 0.984. The van der Waals surface area contributed by atoms with Gasteiger partial charge in [0.25, 0.3) is 0 Å². The van der Waals surface area contributed by atoms with Crippen LogP contribution in [0, 0.1) is 17.0 Å². The van der Waals surface area contributed by atoms with Crippen molar-refractivity contribution < 1.29 is 9.66 Å². The van der Waals surface area contributed by atoms with Crippen LogP contribution >= 0.6 is 0 Å². The van der Waals surface area contributed by atoms with E-state index < -0.39 is 4.92 Å². The van der Waals surface area contributed by atoms with Gasteiger partial charge in [-0.15, -0.1) is 0 Å². The van der Waals surface area contributed by atoms with Crippen LogP contribution in [-0.4, -0.2) is 21.5 Å². The summed E-state index contributed by atoms with van der Waals surface area (Å²) >= 11 is 0. The molecule has 0 saturated carbocycles. The van der Waals surface area contributed by atoms with E-state index >= 15 is 0 Å². The van der Waals surface area contributed by atoms with E-state index in [2.05, 4.69) is 27.5 Å². The Morgan fingerprint density at radius 1 is 0.966 bits per heavy atom. The first kappa shape index (κ1) is 20.1. The van der Waals surface area contributed by atoms with Crippen LogP contribution in [0.5, 0.6) is 5.75 Å². The van der Waals surface area contributed by atoms with Gasteiger partial charge in [0, 0.05) is 11.4 Å². The first-order valence-corrected chi connectivity index (χ1v) is 9.40. The summed E-state index contributed by atoms with van der Waals surface area (Å²) in [5, 5.41) is 17.7. The molecule has 3 rings (SSSR count). The van der Waals surface area contributed by atoms with Crippen molar-refractivity contribution in [2.45, 2.75) is 26.7 Å². The lowest BCUT2D eigenvalue weighted by molar-refractivity contribution is -0.383. The second-order valence-electron chi connectivity index (χ2n) is 6.52. The van der Waals surface area contributed by atoms with Crippen LogP contribution < -0.4 is 15.4 Å². The van der Waals surface area contributed by atoms with E-state index in [0.29, 0.717) is 18.0 Å². The molecule has 0 bridgehead atoms. The monoisotopic (exact) mass is 393 g/mol. The third-order valence-corrected chi connectivity index (χ3v) is 4.20. The van der Waals surface area contributed by atoms with E-state index in [1.165, 1.54) is 6.33 Å². The highest BCUT2D eigenvalue weighted by Gasteiger charge is 2.23. The molecule has 3 aromatic rings. The molecule has 150 valence electrons. The lowest BCUT2D eigenvalue weighted by Crippen LogP contribution is -2.05. The fraction of sp³-hybridized carbons (Fsp3) is 0.238. The maximum atomic E-state index is 11.7. The molecule has 0 atom stereocenters. The van der Waals surface area contributed by atoms with Gasteiger partial charge in [0.05, 0.1) is 11.5 Å². The zero-order valence-corrected chi connectivity index (χ0v) is 16.4. The lowest BCUT2D eigenvalue weighted by Gasteiger charge is -2.11. The Morgan fingerprint density at radius 2 is 1.52 bits per heavy atom. The third kappa shape index (κ3) is 5.41. The van der Waals surface area contributed by atoms with Crippen molar-refractivity contribution in [2.75, 3.05) is 17.2 Å². The molecular formula is C21H23N5O3. The molecule has 0 aliphatic rings. The molecule has 0 aliphatic carbocycles. The summed E-state index contributed by atoms with van der Waals surface area (Å²) in [6, 6.07) is 14.7. The molecule has 0 amide bonds. The van der Waals surface area contributed by atoms with Crippen LogP contribution in [-0.2, 0) is 0 Å². The average Bonchev–Trinajstić information content (AvgIpc) is 2.71. The van der Waals surface area contributed by atoms with Crippen molar-refractivity contribution in [3.05, 3.63) is 70.5 Å². The van der Waals surface area contributed by atoms with E-state index in [4.69, 9.17) is 4.74 Å². The molecule has 0 radical (unpaired) electrons. The quantitative estimate of drug-likeness (QED) is 0.287. The molecule has 0 spiro atoms. The summed E-state index contributed by atoms with van der Waals surface area (Å²) in [7, 11) is 0. The molecule has 1 heterocycles. The third-order valence-electron chi connectivity index (χ3n) is 4.20. The molecule has 0 unspecified atom stereocenters. The van der Waals surface area contributed by atoms with Gasteiger partial charge in [-0.2, -0.15) is 0 Å². The van der Waals surface area contributed by atoms with Crippen LogP contribution in [0.25, 0.3) is 0 Å². The number of hydrogen-bond acceptors (Lipinski definition) is 7. The maximum absolute atomic E-state index is 11.7. The van der Waals surface area contributed by atoms with Gasteiger partial charge in [0.2, 0.25) is 11.6 Å². The van der Waals surface area contributed by atoms with E-state index in [0.717, 1.165) is 24.2 Å². The van der Waals surface area contributed by atoms with Crippen LogP contribution in [0.4, 0.5) is 28.7 Å². The Kier molecular flexibility index (Phi) is 6.57. The van der Waals surface area contributed by atoms with Gasteiger partial charge in [-0.05, 0) is 49.7 Å². The Hall–Kier alpha value is -3.68. The van der Waals surface area contributed by atoms with Crippen molar-refractivity contribution in [3.63, 3.8) is 0 Å². The number of nitrogens with zero attached hydrogens (tertiary/aromatic N) is 3. The van der Waals surface area contributed by atoms with Gasteiger partial charge in [-0.25, -0.2) is 9.97 Å². The minimum atomic E-state index is -0.499. The lowest BCUT2D eigenvalue weighted by atomic mass is 10.2. The first-order chi connectivity index (χ1) is 14.1. The summed E-state index contributed by atoms with van der Waals surface area (Å²) in [6.45, 7) is 4.74. The second kappa shape index (κ2) is 9.50. The molecule has 29 heavy (non-hydrogen) atoms. The number of nitrogens with one attached hydrogen (secondary N) is 2. The molecule has 8 heteroatoms. The standard InChI is InChI=1S/C21H23N5O3/c1-3-4-13-29-18-11-9-17(10-12-18)25-21-19(26(27)28)20(22-14-23-21)24-16-7-5-15(2)6-8-16/h5-12,14H,3-4,13H2,1-2H3,(H2,22,23,24,25). The molecule has 0 aliphatic heterocycles. The topological polar surface area (TPSA) is 102 Å². The normalized spacial score (nSPS) is 10.4. The van der Waals surface area contributed by atoms with E-state index in [1.54, 1.807) is 12.1 Å². The average molecular weight is 393 g/mol. The van der Waals surface area contributed by atoms with Gasteiger partial charge < -0.3 is 15.4 Å². The highest BCUT2D eigenvalue weighted by atomic mass is 16.6. The first-order valence-electron chi connectivity index (χ1n) is 9.40. The summed E-state index contributed by atoms with van der Waals surface area (Å²) < 4.78 is 5.64. The summed E-state index contributed by atoms with van der Waals surface area (Å²) in [4.78, 5) is 19.3. The minimum absolute atomic E-state index is 0.110. The van der Waals surface area contributed by atoms with Gasteiger partial charge in [-0.3, -0.25) is 10.1 Å². The van der Waals surface area contributed by atoms with Crippen LogP contribution in [0.15, 0.2) is 54.9 Å². The fourth-order valence-corrected chi connectivity index (χ4v) is 2.61. The molecule has 8 nitrogen and oxygen atoms in total. The smallest absolute Gasteiger partial charge is 0.353 e. The molecule has 0 fully saturated rings. The predicted molar refractivity (Wildman–Crippen MR) is 113 cm³/mol. The summed E-state index contributed by atoms with van der Waals surface area (Å²) in [5.41, 5.74) is 2.24.